The van der Waals surface area contributed by atoms with Gasteiger partial charge in [-0.25, -0.2) is 0 Å². The van der Waals surface area contributed by atoms with Gasteiger partial charge in [-0.1, -0.05) is 133 Å². The summed E-state index contributed by atoms with van der Waals surface area (Å²) in [6.07, 6.45) is 0.977. The van der Waals surface area contributed by atoms with Gasteiger partial charge in [-0.05, 0) is 109 Å². The number of fused-ring (bicyclic) bond motifs is 10. The number of hydrogen-bond acceptors (Lipinski definition) is 0. The minimum absolute atomic E-state index is 0.257. The molecule has 1 heteroatoms. The van der Waals surface area contributed by atoms with E-state index in [9.17, 15) is 0 Å². The van der Waals surface area contributed by atoms with Crippen LogP contribution in [0.4, 0.5) is 0 Å². The molecule has 1 aromatic heterocycles. The molecule has 1 unspecified atom stereocenters. The van der Waals surface area contributed by atoms with Crippen LogP contribution >= 0.6 is 0 Å². The molecule has 0 fully saturated rings. The van der Waals surface area contributed by atoms with E-state index < -0.39 is 0 Å². The molecule has 1 atom stereocenters. The highest BCUT2D eigenvalue weighted by Crippen LogP contribution is 2.49. The Morgan fingerprint density at radius 2 is 1.12 bits per heavy atom. The molecule has 0 spiro atoms. The molecule has 1 nitrogen and oxygen atoms in total. The van der Waals surface area contributed by atoms with Gasteiger partial charge in [0.25, 0.3) is 0 Å². The van der Waals surface area contributed by atoms with Gasteiger partial charge in [0.15, 0.2) is 0 Å². The van der Waals surface area contributed by atoms with Crippen molar-refractivity contribution in [3.8, 4) is 39.1 Å². The van der Waals surface area contributed by atoms with Gasteiger partial charge in [0.05, 0.1) is 16.7 Å². The van der Waals surface area contributed by atoms with Crippen LogP contribution < -0.4 is 0 Å². The minimum Gasteiger partial charge on any atom is -0.309 e. The second-order valence-electron chi connectivity index (χ2n) is 13.7. The summed E-state index contributed by atoms with van der Waals surface area (Å²) < 4.78 is 2.50. The zero-order valence-corrected chi connectivity index (χ0v) is 26.9. The van der Waals surface area contributed by atoms with Crippen LogP contribution in [0.15, 0.2) is 170 Å². The highest BCUT2D eigenvalue weighted by Gasteiger charge is 2.30. The molecule has 2 aliphatic carbocycles. The number of hydrogen-bond donors (Lipinski definition) is 0. The van der Waals surface area contributed by atoms with E-state index in [4.69, 9.17) is 0 Å². The highest BCUT2D eigenvalue weighted by atomic mass is 15.0. The third kappa shape index (κ3) is 3.87. The molecule has 49 heavy (non-hydrogen) atoms. The van der Waals surface area contributed by atoms with Gasteiger partial charge < -0.3 is 4.57 Å². The van der Waals surface area contributed by atoms with Gasteiger partial charge in [-0.3, -0.25) is 0 Å². The summed E-state index contributed by atoms with van der Waals surface area (Å²) in [7, 11) is 0. The Kier molecular flexibility index (Phi) is 5.57. The van der Waals surface area contributed by atoms with Crippen molar-refractivity contribution < 1.29 is 0 Å². The van der Waals surface area contributed by atoms with Gasteiger partial charge in [-0.2, -0.15) is 0 Å². The molecular weight excluding hydrogens is 591 g/mol. The van der Waals surface area contributed by atoms with Crippen LogP contribution in [-0.2, 0) is 6.42 Å². The zero-order valence-electron chi connectivity index (χ0n) is 26.9. The normalized spacial score (nSPS) is 14.2. The SMILES string of the molecule is c1ccc(C2c3ccccc3-c3cc(-c4ccc5c(c4)c4cc6c(cc4n5-c4cccc5ccccc45)Cc4ccccc4-6)ccc32)cc1. The topological polar surface area (TPSA) is 4.93 Å². The fourth-order valence-corrected chi connectivity index (χ4v) is 8.88. The van der Waals surface area contributed by atoms with Crippen LogP contribution in [0.25, 0.3) is 71.6 Å². The first-order valence-corrected chi connectivity index (χ1v) is 17.3. The molecule has 0 bridgehead atoms. The van der Waals surface area contributed by atoms with Crippen LogP contribution in [-0.4, -0.2) is 4.57 Å². The van der Waals surface area contributed by atoms with Crippen molar-refractivity contribution >= 4 is 32.6 Å². The fraction of sp³-hybridized carbons (Fsp3) is 0.0417. The lowest BCUT2D eigenvalue weighted by molar-refractivity contribution is 1.02. The largest absolute Gasteiger partial charge is 0.309 e. The van der Waals surface area contributed by atoms with Crippen molar-refractivity contribution in [3.05, 3.63) is 198 Å². The molecule has 0 amide bonds. The van der Waals surface area contributed by atoms with E-state index in [2.05, 4.69) is 174 Å². The maximum absolute atomic E-state index is 2.50. The number of rotatable bonds is 3. The van der Waals surface area contributed by atoms with Crippen molar-refractivity contribution in [2.45, 2.75) is 12.3 Å². The van der Waals surface area contributed by atoms with Gasteiger partial charge in [0.2, 0.25) is 0 Å². The molecule has 11 rings (SSSR count). The summed E-state index contributed by atoms with van der Waals surface area (Å²) in [6, 6.07) is 63.4. The summed E-state index contributed by atoms with van der Waals surface area (Å²) >= 11 is 0. The molecule has 0 saturated carbocycles. The number of aromatic nitrogens is 1. The highest BCUT2D eigenvalue weighted by molar-refractivity contribution is 6.13. The summed E-state index contributed by atoms with van der Waals surface area (Å²) in [5.41, 5.74) is 18.6. The lowest BCUT2D eigenvalue weighted by Crippen LogP contribution is -1.98. The van der Waals surface area contributed by atoms with Crippen LogP contribution in [0.2, 0.25) is 0 Å². The van der Waals surface area contributed by atoms with Crippen LogP contribution in [0.1, 0.15) is 33.7 Å². The lowest BCUT2D eigenvalue weighted by Gasteiger charge is -2.14. The molecule has 0 saturated heterocycles. The van der Waals surface area contributed by atoms with E-state index in [1.54, 1.807) is 0 Å². The van der Waals surface area contributed by atoms with Gasteiger partial charge >= 0.3 is 0 Å². The zero-order chi connectivity index (χ0) is 32.1. The van der Waals surface area contributed by atoms with Crippen molar-refractivity contribution in [1.82, 2.24) is 4.57 Å². The third-order valence-corrected chi connectivity index (χ3v) is 11.1. The van der Waals surface area contributed by atoms with Crippen molar-refractivity contribution in [2.24, 2.45) is 0 Å². The Morgan fingerprint density at radius 1 is 0.408 bits per heavy atom. The summed E-state index contributed by atoms with van der Waals surface area (Å²) in [6.45, 7) is 0. The smallest absolute Gasteiger partial charge is 0.0544 e. The van der Waals surface area contributed by atoms with Crippen molar-refractivity contribution in [2.75, 3.05) is 0 Å². The first kappa shape index (κ1) is 26.8. The maximum atomic E-state index is 2.50. The average molecular weight is 622 g/mol. The third-order valence-electron chi connectivity index (χ3n) is 11.1. The van der Waals surface area contributed by atoms with E-state index in [0.29, 0.717) is 0 Å². The monoisotopic (exact) mass is 621 g/mol. The molecule has 0 N–H and O–H groups in total. The van der Waals surface area contributed by atoms with Gasteiger partial charge in [0, 0.05) is 22.1 Å². The maximum Gasteiger partial charge on any atom is 0.0544 e. The summed E-state index contributed by atoms with van der Waals surface area (Å²) in [5, 5.41) is 5.11. The van der Waals surface area contributed by atoms with E-state index in [1.807, 2.05) is 0 Å². The Balaban J connectivity index is 1.15. The van der Waals surface area contributed by atoms with Crippen LogP contribution in [0.5, 0.6) is 0 Å². The standard InChI is InChI=1S/C48H31N/c1-2-12-31(13-3-1)48-39-19-9-8-18-38(39)42-26-32(21-23-40(42)48)33-22-24-46-43(27-33)44-29-41-35(25-34-14-5-6-16-36(34)41)28-47(44)49(46)45-20-10-15-30-11-4-7-17-37(30)45/h1-24,26-29,48H,25H2. The number of nitrogens with zero attached hydrogens (tertiary/aromatic N) is 1. The van der Waals surface area contributed by atoms with E-state index in [1.165, 1.54) is 99.5 Å². The Bertz CT molecular complexity index is 2790. The van der Waals surface area contributed by atoms with Gasteiger partial charge in [0.1, 0.15) is 0 Å². The molecule has 2 aliphatic rings. The molecule has 0 aliphatic heterocycles. The Hall–Kier alpha value is -6.18. The van der Waals surface area contributed by atoms with E-state index >= 15 is 0 Å². The first-order valence-electron chi connectivity index (χ1n) is 17.3. The minimum atomic E-state index is 0.257. The molecular formula is C48H31N. The van der Waals surface area contributed by atoms with Crippen molar-refractivity contribution in [3.63, 3.8) is 0 Å². The average Bonchev–Trinajstić information content (AvgIpc) is 3.80. The molecule has 8 aromatic carbocycles. The number of benzene rings is 8. The van der Waals surface area contributed by atoms with Crippen LogP contribution in [0.3, 0.4) is 0 Å². The fourth-order valence-electron chi connectivity index (χ4n) is 8.88. The molecule has 0 radical (unpaired) electrons. The Morgan fingerprint density at radius 3 is 2.06 bits per heavy atom. The molecule has 9 aromatic rings. The van der Waals surface area contributed by atoms with Crippen molar-refractivity contribution in [1.29, 1.82) is 0 Å². The van der Waals surface area contributed by atoms with Crippen LogP contribution in [0, 0.1) is 0 Å². The van der Waals surface area contributed by atoms with E-state index in [0.717, 1.165) is 6.42 Å². The lowest BCUT2D eigenvalue weighted by atomic mass is 9.89. The summed E-state index contributed by atoms with van der Waals surface area (Å²) in [4.78, 5) is 0. The van der Waals surface area contributed by atoms with E-state index in [-0.39, 0.29) is 5.92 Å². The Labute approximate surface area is 285 Å². The second-order valence-corrected chi connectivity index (χ2v) is 13.7. The first-order chi connectivity index (χ1) is 24.3. The quantitative estimate of drug-likeness (QED) is 0.185. The predicted molar refractivity (Wildman–Crippen MR) is 205 cm³/mol. The molecule has 1 heterocycles. The predicted octanol–water partition coefficient (Wildman–Crippen LogP) is 12.3. The summed E-state index contributed by atoms with van der Waals surface area (Å²) in [5.74, 6) is 0.257. The molecule has 228 valence electrons. The second kappa shape index (κ2) is 10.2. The van der Waals surface area contributed by atoms with Gasteiger partial charge in [-0.15, -0.1) is 0 Å².